The Kier molecular flexibility index (Phi) is 4.69. The van der Waals surface area contributed by atoms with Crippen molar-refractivity contribution in [3.63, 3.8) is 0 Å². The Balaban J connectivity index is 0.000000171. The molecule has 0 spiro atoms. The van der Waals surface area contributed by atoms with Gasteiger partial charge in [0.25, 0.3) is 0 Å². The third-order valence-electron chi connectivity index (χ3n) is 1.90. The van der Waals surface area contributed by atoms with Crippen LogP contribution in [0.3, 0.4) is 0 Å². The van der Waals surface area contributed by atoms with Crippen molar-refractivity contribution in [2.45, 2.75) is 0 Å². The second kappa shape index (κ2) is 6.27. The van der Waals surface area contributed by atoms with E-state index in [2.05, 4.69) is 0 Å². The molecule has 90 valence electrons. The van der Waals surface area contributed by atoms with Crippen molar-refractivity contribution in [2.24, 2.45) is 0 Å². The number of phenolic OH excluding ortho intramolecular Hbond substituents is 3. The Labute approximate surface area is 99.4 Å². The van der Waals surface area contributed by atoms with E-state index in [0.29, 0.717) is 0 Å². The summed E-state index contributed by atoms with van der Waals surface area (Å²) in [6.07, 6.45) is 0. The van der Waals surface area contributed by atoms with Crippen LogP contribution in [-0.2, 0) is 0 Å². The summed E-state index contributed by atoms with van der Waals surface area (Å²) < 4.78 is 4.86. The fraction of sp³-hybridized carbons (Fsp3) is 0.0769. The molecule has 0 aliphatic heterocycles. The first kappa shape index (κ1) is 12.7. The second-order valence-electron chi connectivity index (χ2n) is 3.22. The first-order valence-corrected chi connectivity index (χ1v) is 4.93. The average molecular weight is 234 g/mol. The van der Waals surface area contributed by atoms with Crippen molar-refractivity contribution >= 4 is 0 Å². The Bertz CT molecular complexity index is 434. The molecule has 0 atom stereocenters. The highest BCUT2D eigenvalue weighted by Crippen LogP contribution is 2.15. The minimum absolute atomic E-state index is 0.0880. The lowest BCUT2D eigenvalue weighted by Crippen LogP contribution is -1.79. The largest absolute Gasteiger partial charge is 0.508 e. The fourth-order valence-corrected chi connectivity index (χ4v) is 1.08. The maximum Gasteiger partial charge on any atom is 0.119 e. The summed E-state index contributed by atoms with van der Waals surface area (Å²) in [7, 11) is 1.59. The van der Waals surface area contributed by atoms with E-state index in [1.54, 1.807) is 37.4 Å². The van der Waals surface area contributed by atoms with Crippen LogP contribution in [0.15, 0.2) is 48.5 Å². The summed E-state index contributed by atoms with van der Waals surface area (Å²) in [5.41, 5.74) is 0. The number of rotatable bonds is 1. The molecule has 0 bridgehead atoms. The topological polar surface area (TPSA) is 69.9 Å². The lowest BCUT2D eigenvalue weighted by atomic mass is 10.3. The number of methoxy groups -OCH3 is 1. The second-order valence-corrected chi connectivity index (χ2v) is 3.22. The van der Waals surface area contributed by atoms with Crippen LogP contribution in [0, 0.1) is 0 Å². The van der Waals surface area contributed by atoms with E-state index in [9.17, 15) is 0 Å². The van der Waals surface area contributed by atoms with Gasteiger partial charge in [0.2, 0.25) is 0 Å². The molecule has 2 rings (SSSR count). The van der Waals surface area contributed by atoms with Crippen molar-refractivity contribution in [3.05, 3.63) is 48.5 Å². The Morgan fingerprint density at radius 2 is 1.29 bits per heavy atom. The molecule has 0 unspecified atom stereocenters. The van der Waals surface area contributed by atoms with Crippen LogP contribution in [0.5, 0.6) is 23.0 Å². The predicted octanol–water partition coefficient (Wildman–Crippen LogP) is 2.50. The monoisotopic (exact) mass is 234 g/mol. The molecule has 4 nitrogen and oxygen atoms in total. The first-order chi connectivity index (χ1) is 8.11. The quantitative estimate of drug-likeness (QED) is 0.709. The zero-order valence-electron chi connectivity index (χ0n) is 9.37. The lowest BCUT2D eigenvalue weighted by Gasteiger charge is -1.96. The number of hydrogen-bond donors (Lipinski definition) is 3. The van der Waals surface area contributed by atoms with Crippen LogP contribution in [0.1, 0.15) is 0 Å². The molecule has 3 N–H and O–H groups in total. The van der Waals surface area contributed by atoms with E-state index >= 15 is 0 Å². The van der Waals surface area contributed by atoms with Gasteiger partial charge in [0.05, 0.1) is 7.11 Å². The summed E-state index contributed by atoms with van der Waals surface area (Å²) in [6, 6.07) is 12.4. The van der Waals surface area contributed by atoms with Crippen LogP contribution in [0.4, 0.5) is 0 Å². The molecule has 0 aromatic heterocycles. The zero-order valence-corrected chi connectivity index (χ0v) is 9.37. The van der Waals surface area contributed by atoms with Gasteiger partial charge in [-0.05, 0) is 36.4 Å². The SMILES string of the molecule is COc1ccc(O)cc1.Oc1cccc(O)c1. The highest BCUT2D eigenvalue weighted by Gasteiger charge is 1.87. The number of ether oxygens (including phenoxy) is 1. The first-order valence-electron chi connectivity index (χ1n) is 4.93. The van der Waals surface area contributed by atoms with Crippen molar-refractivity contribution in [1.29, 1.82) is 0 Å². The van der Waals surface area contributed by atoms with Gasteiger partial charge < -0.3 is 20.1 Å². The van der Waals surface area contributed by atoms with Gasteiger partial charge in [-0.1, -0.05) is 6.07 Å². The standard InChI is InChI=1S/C7H8O2.C6H6O2/c1-9-7-4-2-6(8)3-5-7;7-5-2-1-3-6(8)4-5/h2-5,8H,1H3;1-4,7-8H. The van der Waals surface area contributed by atoms with Crippen molar-refractivity contribution in [3.8, 4) is 23.0 Å². The van der Waals surface area contributed by atoms with Gasteiger partial charge in [0.15, 0.2) is 0 Å². The van der Waals surface area contributed by atoms with Gasteiger partial charge in [-0.15, -0.1) is 0 Å². The van der Waals surface area contributed by atoms with Gasteiger partial charge in [0.1, 0.15) is 23.0 Å². The van der Waals surface area contributed by atoms with Crippen LogP contribution < -0.4 is 4.74 Å². The summed E-state index contributed by atoms with van der Waals surface area (Å²) >= 11 is 0. The van der Waals surface area contributed by atoms with E-state index < -0.39 is 0 Å². The van der Waals surface area contributed by atoms with Crippen LogP contribution in [-0.4, -0.2) is 22.4 Å². The van der Waals surface area contributed by atoms with E-state index in [1.165, 1.54) is 18.2 Å². The van der Waals surface area contributed by atoms with Gasteiger partial charge >= 0.3 is 0 Å². The molecule has 0 heterocycles. The molecule has 17 heavy (non-hydrogen) atoms. The summed E-state index contributed by atoms with van der Waals surface area (Å²) in [5.74, 6) is 1.19. The van der Waals surface area contributed by atoms with Gasteiger partial charge in [-0.2, -0.15) is 0 Å². The number of phenols is 3. The molecule has 0 saturated carbocycles. The summed E-state index contributed by atoms with van der Waals surface area (Å²) in [5, 5.41) is 26.1. The smallest absolute Gasteiger partial charge is 0.119 e. The van der Waals surface area contributed by atoms with Crippen molar-refractivity contribution < 1.29 is 20.1 Å². The summed E-state index contributed by atoms with van der Waals surface area (Å²) in [4.78, 5) is 0. The predicted molar refractivity (Wildman–Crippen MR) is 64.4 cm³/mol. The summed E-state index contributed by atoms with van der Waals surface area (Å²) in [6.45, 7) is 0. The fourth-order valence-electron chi connectivity index (χ4n) is 1.08. The van der Waals surface area contributed by atoms with Crippen molar-refractivity contribution in [2.75, 3.05) is 7.11 Å². The van der Waals surface area contributed by atoms with Crippen LogP contribution in [0.2, 0.25) is 0 Å². The highest BCUT2D eigenvalue weighted by atomic mass is 16.5. The van der Waals surface area contributed by atoms with Crippen LogP contribution in [0.25, 0.3) is 0 Å². The van der Waals surface area contributed by atoms with E-state index in [-0.39, 0.29) is 17.2 Å². The van der Waals surface area contributed by atoms with E-state index in [0.717, 1.165) is 5.75 Å². The van der Waals surface area contributed by atoms with Crippen LogP contribution >= 0.6 is 0 Å². The molecule has 0 amide bonds. The molecule has 4 heteroatoms. The maximum atomic E-state index is 8.80. The molecule has 0 aliphatic carbocycles. The van der Waals surface area contributed by atoms with E-state index in [4.69, 9.17) is 20.1 Å². The number of hydrogen-bond acceptors (Lipinski definition) is 4. The Hall–Kier alpha value is -2.36. The minimum Gasteiger partial charge on any atom is -0.508 e. The normalized spacial score (nSPS) is 9.00. The number of benzene rings is 2. The molecule has 0 radical (unpaired) electrons. The molecule has 2 aromatic carbocycles. The van der Waals surface area contributed by atoms with Gasteiger partial charge in [-0.25, -0.2) is 0 Å². The Morgan fingerprint density at radius 1 is 0.765 bits per heavy atom. The van der Waals surface area contributed by atoms with Gasteiger partial charge in [0, 0.05) is 6.07 Å². The molecule has 0 fully saturated rings. The minimum atomic E-state index is 0.0880. The third kappa shape index (κ3) is 4.79. The third-order valence-corrected chi connectivity index (χ3v) is 1.90. The average Bonchev–Trinajstić information content (AvgIpc) is 2.30. The molecule has 0 saturated heterocycles. The van der Waals surface area contributed by atoms with E-state index in [1.807, 2.05) is 0 Å². The number of aromatic hydroxyl groups is 3. The molecular weight excluding hydrogens is 220 g/mol. The molecular formula is C13H14O4. The molecule has 0 aliphatic rings. The lowest BCUT2D eigenvalue weighted by molar-refractivity contribution is 0.412. The van der Waals surface area contributed by atoms with Gasteiger partial charge in [-0.3, -0.25) is 0 Å². The maximum absolute atomic E-state index is 8.80. The van der Waals surface area contributed by atoms with Crippen molar-refractivity contribution in [1.82, 2.24) is 0 Å². The zero-order chi connectivity index (χ0) is 12.7. The highest BCUT2D eigenvalue weighted by molar-refractivity contribution is 5.30. The Morgan fingerprint density at radius 3 is 1.65 bits per heavy atom. The molecule has 2 aromatic rings.